The summed E-state index contributed by atoms with van der Waals surface area (Å²) in [5.74, 6) is -0.687. The van der Waals surface area contributed by atoms with Crippen LogP contribution in [0.5, 0.6) is 0 Å². The number of carbonyl (C=O) groups excluding carboxylic acids is 2. The summed E-state index contributed by atoms with van der Waals surface area (Å²) < 4.78 is 11.9. The van der Waals surface area contributed by atoms with E-state index in [1.54, 1.807) is 28.4 Å². The van der Waals surface area contributed by atoms with Crippen molar-refractivity contribution in [1.82, 2.24) is 9.88 Å². The van der Waals surface area contributed by atoms with Crippen molar-refractivity contribution in [3.05, 3.63) is 64.7 Å². The Bertz CT molecular complexity index is 999. The van der Waals surface area contributed by atoms with E-state index in [1.807, 2.05) is 43.3 Å². The monoisotopic (exact) mass is 410 g/mol. The number of morpholine rings is 1. The van der Waals surface area contributed by atoms with Gasteiger partial charge in [-0.2, -0.15) is 0 Å². The van der Waals surface area contributed by atoms with E-state index in [0.717, 1.165) is 20.8 Å². The Balaban J connectivity index is 1.43. The minimum atomic E-state index is -0.489. The lowest BCUT2D eigenvalue weighted by Gasteiger charge is -2.30. The number of rotatable bonds is 5. The molecule has 1 unspecified atom stereocenters. The van der Waals surface area contributed by atoms with Crippen LogP contribution in [0.15, 0.2) is 48.5 Å². The number of hydrogen-bond acceptors (Lipinski definition) is 6. The molecule has 0 bridgehead atoms. The molecule has 0 N–H and O–H groups in total. The molecule has 1 amide bonds. The van der Waals surface area contributed by atoms with E-state index in [9.17, 15) is 9.59 Å². The fourth-order valence-electron chi connectivity index (χ4n) is 3.37. The van der Waals surface area contributed by atoms with Gasteiger partial charge in [0.2, 0.25) is 0 Å². The van der Waals surface area contributed by atoms with Crippen molar-refractivity contribution < 1.29 is 19.1 Å². The smallest absolute Gasteiger partial charge is 0.338 e. The highest BCUT2D eigenvalue weighted by molar-refractivity contribution is 7.18. The van der Waals surface area contributed by atoms with E-state index in [2.05, 4.69) is 4.98 Å². The molecule has 7 heteroatoms. The molecule has 4 rings (SSSR count). The molecule has 1 aromatic heterocycles. The SMILES string of the molecule is CC1CN(C(=O)COC(=O)c2ccccc2Cc2nc3ccccc3s2)CCO1. The van der Waals surface area contributed by atoms with Crippen LogP contribution in [-0.2, 0) is 20.7 Å². The zero-order valence-electron chi connectivity index (χ0n) is 16.2. The second-order valence-electron chi connectivity index (χ2n) is 7.01. The van der Waals surface area contributed by atoms with Crippen LogP contribution in [0, 0.1) is 0 Å². The van der Waals surface area contributed by atoms with E-state index < -0.39 is 5.97 Å². The highest BCUT2D eigenvalue weighted by Gasteiger charge is 2.23. The van der Waals surface area contributed by atoms with Gasteiger partial charge >= 0.3 is 5.97 Å². The van der Waals surface area contributed by atoms with E-state index in [-0.39, 0.29) is 18.6 Å². The fourth-order valence-corrected chi connectivity index (χ4v) is 4.36. The zero-order valence-corrected chi connectivity index (χ0v) is 17.0. The van der Waals surface area contributed by atoms with Gasteiger partial charge in [0, 0.05) is 19.5 Å². The number of carbonyl (C=O) groups is 2. The quantitative estimate of drug-likeness (QED) is 0.604. The molecule has 1 saturated heterocycles. The van der Waals surface area contributed by atoms with Gasteiger partial charge in [0.1, 0.15) is 0 Å². The van der Waals surface area contributed by atoms with Gasteiger partial charge < -0.3 is 14.4 Å². The number of fused-ring (bicyclic) bond motifs is 1. The molecule has 0 aliphatic carbocycles. The fraction of sp³-hybridized carbons (Fsp3) is 0.318. The number of ether oxygens (including phenoxy) is 2. The van der Waals surface area contributed by atoms with Crippen LogP contribution in [0.25, 0.3) is 10.2 Å². The van der Waals surface area contributed by atoms with Crippen LogP contribution >= 0.6 is 11.3 Å². The lowest BCUT2D eigenvalue weighted by Crippen LogP contribution is -2.46. The lowest BCUT2D eigenvalue weighted by atomic mass is 10.1. The summed E-state index contributed by atoms with van der Waals surface area (Å²) in [7, 11) is 0. The average Bonchev–Trinajstić information content (AvgIpc) is 3.14. The summed E-state index contributed by atoms with van der Waals surface area (Å²) in [5, 5.41) is 0.935. The predicted molar refractivity (Wildman–Crippen MR) is 111 cm³/mol. The number of thiazole rings is 1. The van der Waals surface area contributed by atoms with Gasteiger partial charge in [-0.25, -0.2) is 9.78 Å². The number of hydrogen-bond donors (Lipinski definition) is 0. The standard InChI is InChI=1S/C22H22N2O4S/c1-15-13-24(10-11-27-15)21(25)14-28-22(26)17-7-3-2-6-16(17)12-20-23-18-8-4-5-9-19(18)29-20/h2-9,15H,10-14H2,1H3. The number of esters is 1. The van der Waals surface area contributed by atoms with E-state index >= 15 is 0 Å². The third-order valence-electron chi connectivity index (χ3n) is 4.84. The largest absolute Gasteiger partial charge is 0.452 e. The Morgan fingerprint density at radius 3 is 2.83 bits per heavy atom. The van der Waals surface area contributed by atoms with Gasteiger partial charge in [-0.15, -0.1) is 11.3 Å². The molecule has 6 nitrogen and oxygen atoms in total. The van der Waals surface area contributed by atoms with Crippen molar-refractivity contribution in [2.75, 3.05) is 26.3 Å². The van der Waals surface area contributed by atoms with Gasteiger partial charge in [-0.3, -0.25) is 4.79 Å². The van der Waals surface area contributed by atoms with Gasteiger partial charge in [0.05, 0.1) is 33.5 Å². The van der Waals surface area contributed by atoms with Gasteiger partial charge in [-0.1, -0.05) is 30.3 Å². The first-order valence-electron chi connectivity index (χ1n) is 9.59. The van der Waals surface area contributed by atoms with Crippen molar-refractivity contribution in [3.8, 4) is 0 Å². The Morgan fingerprint density at radius 2 is 2.00 bits per heavy atom. The lowest BCUT2D eigenvalue weighted by molar-refractivity contribution is -0.141. The van der Waals surface area contributed by atoms with E-state index in [0.29, 0.717) is 31.7 Å². The van der Waals surface area contributed by atoms with Crippen LogP contribution in [-0.4, -0.2) is 54.2 Å². The number of benzene rings is 2. The normalized spacial score (nSPS) is 16.7. The first-order valence-corrected chi connectivity index (χ1v) is 10.4. The molecule has 2 aromatic carbocycles. The van der Waals surface area contributed by atoms with Crippen molar-refractivity contribution >= 4 is 33.4 Å². The van der Waals surface area contributed by atoms with Gasteiger partial charge in [0.25, 0.3) is 5.91 Å². The first-order chi connectivity index (χ1) is 14.1. The minimum Gasteiger partial charge on any atom is -0.452 e. The molecule has 29 heavy (non-hydrogen) atoms. The maximum atomic E-state index is 12.6. The highest BCUT2D eigenvalue weighted by Crippen LogP contribution is 2.25. The number of amides is 1. The summed E-state index contributed by atoms with van der Waals surface area (Å²) in [5.41, 5.74) is 2.26. The summed E-state index contributed by atoms with van der Waals surface area (Å²) in [6, 6.07) is 15.3. The second-order valence-corrected chi connectivity index (χ2v) is 8.12. The number of nitrogens with zero attached hydrogens (tertiary/aromatic N) is 2. The zero-order chi connectivity index (χ0) is 20.2. The Labute approximate surface area is 173 Å². The third kappa shape index (κ3) is 4.63. The Kier molecular flexibility index (Phi) is 5.87. The summed E-state index contributed by atoms with van der Waals surface area (Å²) in [6.45, 7) is 3.20. The second kappa shape index (κ2) is 8.71. The molecule has 3 aromatic rings. The summed E-state index contributed by atoms with van der Waals surface area (Å²) in [6.07, 6.45) is 0.539. The minimum absolute atomic E-state index is 0.00191. The van der Waals surface area contributed by atoms with Crippen molar-refractivity contribution in [3.63, 3.8) is 0 Å². The van der Waals surface area contributed by atoms with Crippen LogP contribution < -0.4 is 0 Å². The van der Waals surface area contributed by atoms with Crippen LogP contribution in [0.1, 0.15) is 27.9 Å². The first kappa shape index (κ1) is 19.5. The number of para-hydroxylation sites is 1. The molecule has 0 radical (unpaired) electrons. The molecule has 1 atom stereocenters. The maximum absolute atomic E-state index is 12.6. The van der Waals surface area contributed by atoms with Crippen molar-refractivity contribution in [2.45, 2.75) is 19.4 Å². The molecule has 150 valence electrons. The molecule has 0 spiro atoms. The molecule has 1 fully saturated rings. The maximum Gasteiger partial charge on any atom is 0.338 e. The van der Waals surface area contributed by atoms with Gasteiger partial charge in [0.15, 0.2) is 6.61 Å². The third-order valence-corrected chi connectivity index (χ3v) is 5.87. The van der Waals surface area contributed by atoms with E-state index in [4.69, 9.17) is 9.47 Å². The Morgan fingerprint density at radius 1 is 1.21 bits per heavy atom. The molecular formula is C22H22N2O4S. The van der Waals surface area contributed by atoms with Gasteiger partial charge in [-0.05, 0) is 30.7 Å². The van der Waals surface area contributed by atoms with Crippen LogP contribution in [0.4, 0.5) is 0 Å². The molecular weight excluding hydrogens is 388 g/mol. The molecule has 1 aliphatic rings. The molecule has 1 aliphatic heterocycles. The van der Waals surface area contributed by atoms with Crippen molar-refractivity contribution in [1.29, 1.82) is 0 Å². The van der Waals surface area contributed by atoms with Crippen molar-refractivity contribution in [2.24, 2.45) is 0 Å². The molecule has 2 heterocycles. The molecule has 0 saturated carbocycles. The van der Waals surface area contributed by atoms with Crippen LogP contribution in [0.3, 0.4) is 0 Å². The average molecular weight is 410 g/mol. The highest BCUT2D eigenvalue weighted by atomic mass is 32.1. The summed E-state index contributed by atoms with van der Waals surface area (Å²) >= 11 is 1.61. The predicted octanol–water partition coefficient (Wildman–Crippen LogP) is 3.29. The summed E-state index contributed by atoms with van der Waals surface area (Å²) in [4.78, 5) is 31.3. The Hall–Kier alpha value is -2.77. The number of aromatic nitrogens is 1. The van der Waals surface area contributed by atoms with Crippen LogP contribution in [0.2, 0.25) is 0 Å². The topological polar surface area (TPSA) is 68.7 Å². The van der Waals surface area contributed by atoms with E-state index in [1.165, 1.54) is 0 Å².